The van der Waals surface area contributed by atoms with E-state index < -0.39 is 11.6 Å². The third-order valence-corrected chi connectivity index (χ3v) is 15.0. The van der Waals surface area contributed by atoms with Gasteiger partial charge in [0.15, 0.2) is 11.6 Å². The average molecular weight is 849 g/mol. The SMILES string of the molecule is C.C.CCOc1ccc(Cc2cc([C@]34OC[C@](CC)(O3)[C@@H](C)[C@H](C)[C@H]4C)ccc2Cl)cc1.CC[C@@]12CO[C@@](c3ccc(Cl)c(CBr)c3)(O1)[C@H](C)[C@@H](C)[C@@H]2C. The van der Waals surface area contributed by atoms with Gasteiger partial charge in [-0.15, -0.1) is 0 Å². The van der Waals surface area contributed by atoms with Crippen LogP contribution in [0.1, 0.15) is 118 Å². The molecule has 4 heterocycles. The molecule has 0 radical (unpaired) electrons. The van der Waals surface area contributed by atoms with Gasteiger partial charge in [-0.25, -0.2) is 0 Å². The Morgan fingerprint density at radius 2 is 1.09 bits per heavy atom. The summed E-state index contributed by atoms with van der Waals surface area (Å²) in [4.78, 5) is 0. The third kappa shape index (κ3) is 7.56. The lowest BCUT2D eigenvalue weighted by Crippen LogP contribution is -2.53. The van der Waals surface area contributed by atoms with E-state index in [9.17, 15) is 0 Å². The van der Waals surface area contributed by atoms with Gasteiger partial charge in [0.25, 0.3) is 0 Å². The lowest BCUT2D eigenvalue weighted by Gasteiger charge is -2.49. The number of alkyl halides is 1. The molecule has 3 aromatic rings. The summed E-state index contributed by atoms with van der Waals surface area (Å²) in [5, 5.41) is 2.28. The minimum atomic E-state index is -0.694. The molecule has 10 atom stereocenters. The third-order valence-electron chi connectivity index (χ3n) is 13.7. The molecule has 7 rings (SSSR count). The van der Waals surface area contributed by atoms with Crippen molar-refractivity contribution >= 4 is 39.1 Å². The summed E-state index contributed by atoms with van der Waals surface area (Å²) >= 11 is 16.4. The molecule has 4 bridgehead atoms. The highest BCUT2D eigenvalue weighted by molar-refractivity contribution is 9.08. The number of ether oxygens (including phenoxy) is 5. The molecule has 5 nitrogen and oxygen atoms in total. The van der Waals surface area contributed by atoms with Crippen LogP contribution in [0.5, 0.6) is 5.75 Å². The zero-order valence-electron chi connectivity index (χ0n) is 32.4. The van der Waals surface area contributed by atoms with E-state index in [0.29, 0.717) is 49.4 Å². The molecule has 0 aromatic heterocycles. The summed E-state index contributed by atoms with van der Waals surface area (Å²) in [6.45, 7) is 22.2. The first kappa shape index (κ1) is 45.1. The molecule has 4 aliphatic rings. The fourth-order valence-corrected chi connectivity index (χ4v) is 10.3. The molecule has 0 saturated carbocycles. The van der Waals surface area contributed by atoms with E-state index in [1.165, 1.54) is 5.56 Å². The van der Waals surface area contributed by atoms with E-state index in [4.69, 9.17) is 46.9 Å². The van der Waals surface area contributed by atoms with E-state index in [1.54, 1.807) is 0 Å². The van der Waals surface area contributed by atoms with Gasteiger partial charge in [-0.2, -0.15) is 0 Å². The molecular formula is C46H65BrCl2O5. The molecule has 4 aliphatic heterocycles. The lowest BCUT2D eigenvalue weighted by atomic mass is 9.68. The van der Waals surface area contributed by atoms with E-state index >= 15 is 0 Å². The second kappa shape index (κ2) is 17.5. The van der Waals surface area contributed by atoms with Crippen molar-refractivity contribution in [2.24, 2.45) is 35.5 Å². The molecule has 0 unspecified atom stereocenters. The summed E-state index contributed by atoms with van der Waals surface area (Å²) in [6, 6.07) is 20.6. The Bertz CT molecular complexity index is 1720. The highest BCUT2D eigenvalue weighted by Crippen LogP contribution is 2.59. The summed E-state index contributed by atoms with van der Waals surface area (Å²) in [6.07, 6.45) is 2.69. The smallest absolute Gasteiger partial charge is 0.198 e. The van der Waals surface area contributed by atoms with Gasteiger partial charge in [0.1, 0.15) is 5.75 Å². The molecule has 300 valence electrons. The zero-order valence-corrected chi connectivity index (χ0v) is 35.5. The van der Waals surface area contributed by atoms with Gasteiger partial charge < -0.3 is 23.7 Å². The Morgan fingerprint density at radius 1 is 0.648 bits per heavy atom. The zero-order chi connectivity index (χ0) is 37.6. The van der Waals surface area contributed by atoms with Crippen molar-refractivity contribution in [3.05, 3.63) is 98.5 Å². The first-order chi connectivity index (χ1) is 24.7. The summed E-state index contributed by atoms with van der Waals surface area (Å²) < 4.78 is 31.9. The van der Waals surface area contributed by atoms with E-state index in [0.717, 1.165) is 62.6 Å². The van der Waals surface area contributed by atoms with Crippen molar-refractivity contribution in [3.8, 4) is 5.75 Å². The Kier molecular flexibility index (Phi) is 14.6. The minimum absolute atomic E-state index is 0. The number of hydrogen-bond donors (Lipinski definition) is 0. The molecule has 54 heavy (non-hydrogen) atoms. The second-order valence-corrected chi connectivity index (χ2v) is 17.2. The molecule has 4 fully saturated rings. The van der Waals surface area contributed by atoms with Crippen LogP contribution < -0.4 is 4.74 Å². The fraction of sp³-hybridized carbons (Fsp3) is 0.609. The van der Waals surface area contributed by atoms with Crippen LogP contribution in [0.4, 0.5) is 0 Å². The number of halogens is 3. The fourth-order valence-electron chi connectivity index (χ4n) is 9.31. The average Bonchev–Trinajstić information content (AvgIpc) is 3.74. The topological polar surface area (TPSA) is 46.2 Å². The van der Waals surface area contributed by atoms with Crippen LogP contribution in [0.25, 0.3) is 0 Å². The first-order valence-electron chi connectivity index (χ1n) is 19.3. The predicted molar refractivity (Wildman–Crippen MR) is 228 cm³/mol. The van der Waals surface area contributed by atoms with Crippen molar-refractivity contribution in [3.63, 3.8) is 0 Å². The number of benzene rings is 3. The van der Waals surface area contributed by atoms with E-state index in [1.807, 2.05) is 31.2 Å². The number of fused-ring (bicyclic) bond motifs is 4. The van der Waals surface area contributed by atoms with Gasteiger partial charge in [0.2, 0.25) is 0 Å². The maximum Gasteiger partial charge on any atom is 0.198 e. The quantitative estimate of drug-likeness (QED) is 0.201. The summed E-state index contributed by atoms with van der Waals surface area (Å²) in [5.41, 5.74) is 5.16. The molecule has 3 aromatic carbocycles. The molecule has 4 saturated heterocycles. The van der Waals surface area contributed by atoms with E-state index in [-0.39, 0.29) is 32.0 Å². The second-order valence-electron chi connectivity index (χ2n) is 15.8. The van der Waals surface area contributed by atoms with Crippen molar-refractivity contribution in [2.45, 2.75) is 125 Å². The molecule has 0 N–H and O–H groups in total. The minimum Gasteiger partial charge on any atom is -0.494 e. The molecule has 0 aliphatic carbocycles. The Hall–Kier alpha value is -1.64. The van der Waals surface area contributed by atoms with Crippen molar-refractivity contribution in [1.82, 2.24) is 0 Å². The van der Waals surface area contributed by atoms with Crippen LogP contribution in [0.15, 0.2) is 60.7 Å². The highest BCUT2D eigenvalue weighted by Gasteiger charge is 2.64. The molecular weight excluding hydrogens is 783 g/mol. The van der Waals surface area contributed by atoms with Crippen molar-refractivity contribution in [2.75, 3.05) is 19.8 Å². The number of hydrogen-bond acceptors (Lipinski definition) is 5. The van der Waals surface area contributed by atoms with Crippen molar-refractivity contribution in [1.29, 1.82) is 0 Å². The normalized spacial score (nSPS) is 35.0. The maximum absolute atomic E-state index is 6.81. The van der Waals surface area contributed by atoms with E-state index in [2.05, 4.69) is 108 Å². The van der Waals surface area contributed by atoms with Crippen LogP contribution in [0.3, 0.4) is 0 Å². The Balaban J connectivity index is 0.000000242. The van der Waals surface area contributed by atoms with Crippen LogP contribution in [-0.2, 0) is 42.3 Å². The van der Waals surface area contributed by atoms with Gasteiger partial charge in [-0.05, 0) is 103 Å². The van der Waals surface area contributed by atoms with Crippen LogP contribution in [0, 0.1) is 35.5 Å². The summed E-state index contributed by atoms with van der Waals surface area (Å²) in [7, 11) is 0. The molecule has 0 spiro atoms. The van der Waals surface area contributed by atoms with Gasteiger partial charge in [0, 0.05) is 38.3 Å². The summed E-state index contributed by atoms with van der Waals surface area (Å²) in [5.74, 6) is 2.12. The Labute approximate surface area is 345 Å². The number of rotatable bonds is 9. The standard InChI is InChI=1S/C26H33ClO3.C18H24BrClO2.2CH4/c1-6-25-16-29-26(30-25,19(5)17(3)18(25)4)22-10-13-24(27)21(15-22)14-20-8-11-23(12-9-20)28-7-2;1-5-17-10-21-18(22-17,13(4)11(2)12(17)3)15-6-7-16(20)14(8-15)9-19;;/h8-13,15,17-19H,6-7,14,16H2,1-5H3;6-8,11-13H,5,9-10H2,1-4H3;2*1H4/t17-,18-,19+,25-,26+;11-,12-,13+,17-,18+;;/m00../s1. The van der Waals surface area contributed by atoms with Gasteiger partial charge in [0.05, 0.1) is 31.0 Å². The van der Waals surface area contributed by atoms with Gasteiger partial charge in [-0.1, -0.05) is 134 Å². The van der Waals surface area contributed by atoms with Gasteiger partial charge in [-0.3, -0.25) is 0 Å². The predicted octanol–water partition coefficient (Wildman–Crippen LogP) is 13.4. The monoisotopic (exact) mass is 846 g/mol. The molecule has 8 heteroatoms. The first-order valence-corrected chi connectivity index (χ1v) is 21.2. The Morgan fingerprint density at radius 3 is 1.52 bits per heavy atom. The van der Waals surface area contributed by atoms with Gasteiger partial charge >= 0.3 is 0 Å². The molecule has 0 amide bonds. The lowest BCUT2D eigenvalue weighted by molar-refractivity contribution is -0.280. The highest BCUT2D eigenvalue weighted by atomic mass is 79.9. The van der Waals surface area contributed by atoms with Crippen LogP contribution in [0.2, 0.25) is 10.0 Å². The van der Waals surface area contributed by atoms with Crippen LogP contribution in [-0.4, -0.2) is 31.0 Å². The van der Waals surface area contributed by atoms with Crippen LogP contribution >= 0.6 is 39.1 Å². The maximum atomic E-state index is 6.81. The largest absolute Gasteiger partial charge is 0.494 e. The van der Waals surface area contributed by atoms with Crippen molar-refractivity contribution < 1.29 is 23.7 Å².